The first-order valence-corrected chi connectivity index (χ1v) is 5.11. The summed E-state index contributed by atoms with van der Waals surface area (Å²) in [5.41, 5.74) is 10.2. The van der Waals surface area contributed by atoms with Crippen molar-refractivity contribution in [3.8, 4) is 0 Å². The van der Waals surface area contributed by atoms with Crippen LogP contribution in [0.25, 0.3) is 0 Å². The van der Waals surface area contributed by atoms with Gasteiger partial charge in [0.2, 0.25) is 0 Å². The first-order chi connectivity index (χ1) is 6.50. The van der Waals surface area contributed by atoms with Gasteiger partial charge in [-0.05, 0) is 43.0 Å². The van der Waals surface area contributed by atoms with E-state index in [1.165, 1.54) is 5.69 Å². The van der Waals surface area contributed by atoms with Gasteiger partial charge in [0, 0.05) is 17.9 Å². The minimum atomic E-state index is 0.660. The highest BCUT2D eigenvalue weighted by molar-refractivity contribution is 5.61. The van der Waals surface area contributed by atoms with Crippen molar-refractivity contribution in [2.45, 2.75) is 27.7 Å². The van der Waals surface area contributed by atoms with Crippen LogP contribution >= 0.6 is 0 Å². The molecule has 0 saturated carbocycles. The number of hydrogen-bond acceptors (Lipinski definition) is 2. The summed E-state index contributed by atoms with van der Waals surface area (Å²) in [6.45, 7) is 9.49. The van der Waals surface area contributed by atoms with Gasteiger partial charge in [-0.2, -0.15) is 0 Å². The molecule has 1 aromatic rings. The number of anilines is 2. The normalized spacial score (nSPS) is 10.6. The van der Waals surface area contributed by atoms with E-state index in [0.717, 1.165) is 23.4 Å². The van der Waals surface area contributed by atoms with Gasteiger partial charge in [-0.25, -0.2) is 0 Å². The van der Waals surface area contributed by atoms with Gasteiger partial charge >= 0.3 is 0 Å². The van der Waals surface area contributed by atoms with Crippen LogP contribution in [0, 0.1) is 19.8 Å². The Morgan fingerprint density at radius 3 is 2.14 bits per heavy atom. The Kier molecular flexibility index (Phi) is 3.39. The van der Waals surface area contributed by atoms with E-state index < -0.39 is 0 Å². The van der Waals surface area contributed by atoms with E-state index in [1.54, 1.807) is 0 Å². The van der Waals surface area contributed by atoms with Crippen LogP contribution in [0.5, 0.6) is 0 Å². The Bertz CT molecular complexity index is 293. The number of nitrogens with two attached hydrogens (primary N) is 1. The van der Waals surface area contributed by atoms with E-state index in [9.17, 15) is 0 Å². The summed E-state index contributed by atoms with van der Waals surface area (Å²) in [5, 5.41) is 3.40. The zero-order chi connectivity index (χ0) is 10.7. The maximum atomic E-state index is 5.88. The number of benzene rings is 1. The average Bonchev–Trinajstić information content (AvgIpc) is 2.10. The van der Waals surface area contributed by atoms with Gasteiger partial charge in [-0.15, -0.1) is 0 Å². The van der Waals surface area contributed by atoms with E-state index in [2.05, 4.69) is 31.3 Å². The van der Waals surface area contributed by atoms with Crippen LogP contribution in [0.15, 0.2) is 12.1 Å². The molecule has 2 heteroatoms. The largest absolute Gasteiger partial charge is 0.398 e. The molecule has 0 spiro atoms. The topological polar surface area (TPSA) is 38.0 Å². The fourth-order valence-electron chi connectivity index (χ4n) is 1.40. The van der Waals surface area contributed by atoms with Gasteiger partial charge in [-0.3, -0.25) is 0 Å². The van der Waals surface area contributed by atoms with Crippen LogP contribution < -0.4 is 11.1 Å². The highest BCUT2D eigenvalue weighted by Gasteiger charge is 2.01. The Morgan fingerprint density at radius 1 is 1.21 bits per heavy atom. The number of nitrogen functional groups attached to an aromatic ring is 1. The highest BCUT2D eigenvalue weighted by Crippen LogP contribution is 2.21. The molecule has 1 aromatic carbocycles. The number of aryl methyl sites for hydroxylation is 2. The molecule has 0 heterocycles. The summed E-state index contributed by atoms with van der Waals surface area (Å²) in [5.74, 6) is 0.660. The lowest BCUT2D eigenvalue weighted by molar-refractivity contribution is 0.689. The Balaban J connectivity index is 2.79. The van der Waals surface area contributed by atoms with Gasteiger partial charge in [-0.1, -0.05) is 13.8 Å². The molecule has 0 fully saturated rings. The molecule has 0 saturated heterocycles. The molecule has 0 unspecified atom stereocenters. The highest BCUT2D eigenvalue weighted by atomic mass is 14.9. The van der Waals surface area contributed by atoms with Crippen LogP contribution in [-0.4, -0.2) is 6.54 Å². The van der Waals surface area contributed by atoms with Gasteiger partial charge in [0.15, 0.2) is 0 Å². The lowest BCUT2D eigenvalue weighted by Crippen LogP contribution is -2.08. The molecule has 0 aliphatic heterocycles. The maximum Gasteiger partial charge on any atom is 0.0374 e. The summed E-state index contributed by atoms with van der Waals surface area (Å²) < 4.78 is 0. The van der Waals surface area contributed by atoms with Crippen molar-refractivity contribution in [3.05, 3.63) is 23.3 Å². The molecule has 2 nitrogen and oxygen atoms in total. The standard InChI is InChI=1S/C12H20N2/c1-8(2)7-14-11-5-9(3)12(13)10(4)6-11/h5-6,8,14H,7,13H2,1-4H3. The van der Waals surface area contributed by atoms with Crippen LogP contribution in [-0.2, 0) is 0 Å². The lowest BCUT2D eigenvalue weighted by atomic mass is 10.1. The molecule has 78 valence electrons. The van der Waals surface area contributed by atoms with Crippen molar-refractivity contribution in [2.75, 3.05) is 17.6 Å². The van der Waals surface area contributed by atoms with Crippen LogP contribution in [0.4, 0.5) is 11.4 Å². The molecule has 14 heavy (non-hydrogen) atoms. The predicted molar refractivity (Wildman–Crippen MR) is 63.7 cm³/mol. The van der Waals surface area contributed by atoms with Gasteiger partial charge in [0.25, 0.3) is 0 Å². The maximum absolute atomic E-state index is 5.88. The lowest BCUT2D eigenvalue weighted by Gasteiger charge is -2.12. The molecule has 0 bridgehead atoms. The molecular weight excluding hydrogens is 172 g/mol. The fraction of sp³-hybridized carbons (Fsp3) is 0.500. The summed E-state index contributed by atoms with van der Waals surface area (Å²) >= 11 is 0. The molecule has 0 atom stereocenters. The number of nitrogens with one attached hydrogen (secondary N) is 1. The molecule has 0 amide bonds. The van der Waals surface area contributed by atoms with Crippen molar-refractivity contribution >= 4 is 11.4 Å². The Morgan fingerprint density at radius 2 is 1.71 bits per heavy atom. The van der Waals surface area contributed by atoms with Crippen molar-refractivity contribution in [3.63, 3.8) is 0 Å². The van der Waals surface area contributed by atoms with Gasteiger partial charge < -0.3 is 11.1 Å². The van der Waals surface area contributed by atoms with Crippen molar-refractivity contribution in [1.82, 2.24) is 0 Å². The van der Waals surface area contributed by atoms with E-state index in [-0.39, 0.29) is 0 Å². The third-order valence-electron chi connectivity index (χ3n) is 2.31. The third-order valence-corrected chi connectivity index (χ3v) is 2.31. The summed E-state index contributed by atoms with van der Waals surface area (Å²) in [6, 6.07) is 4.20. The molecule has 3 N–H and O–H groups in total. The predicted octanol–water partition coefficient (Wildman–Crippen LogP) is 2.95. The van der Waals surface area contributed by atoms with Crippen molar-refractivity contribution < 1.29 is 0 Å². The second-order valence-corrected chi connectivity index (χ2v) is 4.30. The monoisotopic (exact) mass is 192 g/mol. The van der Waals surface area contributed by atoms with Crippen molar-refractivity contribution in [2.24, 2.45) is 5.92 Å². The Hall–Kier alpha value is -1.18. The molecule has 0 radical (unpaired) electrons. The summed E-state index contributed by atoms with van der Waals surface area (Å²) in [7, 11) is 0. The summed E-state index contributed by atoms with van der Waals surface area (Å²) in [6.07, 6.45) is 0. The number of rotatable bonds is 3. The average molecular weight is 192 g/mol. The van der Waals surface area contributed by atoms with Crippen LogP contribution in [0.3, 0.4) is 0 Å². The second kappa shape index (κ2) is 4.36. The Labute approximate surface area is 86.5 Å². The minimum Gasteiger partial charge on any atom is -0.398 e. The summed E-state index contributed by atoms with van der Waals surface area (Å²) in [4.78, 5) is 0. The zero-order valence-corrected chi connectivity index (χ0v) is 9.52. The molecule has 0 aliphatic carbocycles. The number of hydrogen-bond donors (Lipinski definition) is 2. The third kappa shape index (κ3) is 2.66. The van der Waals surface area contributed by atoms with E-state index in [4.69, 9.17) is 5.73 Å². The first-order valence-electron chi connectivity index (χ1n) is 5.11. The second-order valence-electron chi connectivity index (χ2n) is 4.30. The zero-order valence-electron chi connectivity index (χ0n) is 9.52. The van der Waals surface area contributed by atoms with Crippen LogP contribution in [0.1, 0.15) is 25.0 Å². The molecule has 1 rings (SSSR count). The van der Waals surface area contributed by atoms with Crippen molar-refractivity contribution in [1.29, 1.82) is 0 Å². The smallest absolute Gasteiger partial charge is 0.0374 e. The fourth-order valence-corrected chi connectivity index (χ4v) is 1.40. The quantitative estimate of drug-likeness (QED) is 0.723. The minimum absolute atomic E-state index is 0.660. The molecular formula is C12H20N2. The van der Waals surface area contributed by atoms with Gasteiger partial charge in [0.05, 0.1) is 0 Å². The molecule has 0 aliphatic rings. The van der Waals surface area contributed by atoms with E-state index >= 15 is 0 Å². The van der Waals surface area contributed by atoms with E-state index in [1.807, 2.05) is 13.8 Å². The SMILES string of the molecule is Cc1cc(NCC(C)C)cc(C)c1N. The first kappa shape index (κ1) is 10.9. The van der Waals surface area contributed by atoms with E-state index in [0.29, 0.717) is 5.92 Å². The van der Waals surface area contributed by atoms with Gasteiger partial charge in [0.1, 0.15) is 0 Å². The van der Waals surface area contributed by atoms with Crippen LogP contribution in [0.2, 0.25) is 0 Å². The molecule has 0 aromatic heterocycles.